The number of nitrogens with zero attached hydrogens (tertiary/aromatic N) is 4. The maximum atomic E-state index is 13.2. The number of rotatable bonds is 4. The highest BCUT2D eigenvalue weighted by molar-refractivity contribution is 5.96. The first-order valence-electron chi connectivity index (χ1n) is 7.85. The van der Waals surface area contributed by atoms with Crippen LogP contribution in [0.25, 0.3) is 5.82 Å². The third-order valence-electron chi connectivity index (χ3n) is 4.06. The van der Waals surface area contributed by atoms with Crippen LogP contribution in [-0.4, -0.2) is 32.2 Å². The fourth-order valence-electron chi connectivity index (χ4n) is 2.83. The van der Waals surface area contributed by atoms with E-state index in [4.69, 9.17) is 0 Å². The fraction of sp³-hybridized carbons (Fsp3) is 0.222. The molecular weight excluding hydrogens is 345 g/mol. The van der Waals surface area contributed by atoms with Crippen LogP contribution < -0.4 is 0 Å². The maximum Gasteiger partial charge on any atom is 0.416 e. The van der Waals surface area contributed by atoms with E-state index < -0.39 is 17.6 Å². The molecule has 0 unspecified atom stereocenters. The Morgan fingerprint density at radius 2 is 1.81 bits per heavy atom. The van der Waals surface area contributed by atoms with Crippen LogP contribution in [0.5, 0.6) is 0 Å². The molecule has 0 radical (unpaired) electrons. The Labute approximate surface area is 148 Å². The van der Waals surface area contributed by atoms with Crippen LogP contribution >= 0.6 is 0 Å². The smallest absolute Gasteiger partial charge is 0.337 e. The van der Waals surface area contributed by atoms with Gasteiger partial charge in [0, 0.05) is 33.0 Å². The molecule has 0 saturated heterocycles. The first kappa shape index (κ1) is 17.8. The molecular formula is C18H17F3N4O. The van der Waals surface area contributed by atoms with E-state index in [1.54, 1.807) is 28.7 Å². The summed E-state index contributed by atoms with van der Waals surface area (Å²) in [4.78, 5) is 14.1. The van der Waals surface area contributed by atoms with Gasteiger partial charge in [-0.15, -0.1) is 0 Å². The molecule has 2 heterocycles. The van der Waals surface area contributed by atoms with Crippen LogP contribution in [0.1, 0.15) is 21.5 Å². The van der Waals surface area contributed by atoms with E-state index in [1.807, 2.05) is 12.1 Å². The van der Waals surface area contributed by atoms with Gasteiger partial charge in [-0.1, -0.05) is 18.2 Å². The Hall–Kier alpha value is -3.03. The zero-order valence-corrected chi connectivity index (χ0v) is 14.2. The van der Waals surface area contributed by atoms with Crippen molar-refractivity contribution in [1.29, 1.82) is 0 Å². The maximum absolute atomic E-state index is 13.2. The molecule has 1 aromatic carbocycles. The molecule has 8 heteroatoms. The number of halogens is 3. The van der Waals surface area contributed by atoms with Crippen molar-refractivity contribution in [3.05, 3.63) is 71.7 Å². The second-order valence-corrected chi connectivity index (χ2v) is 5.91. The molecule has 0 bridgehead atoms. The van der Waals surface area contributed by atoms with Crippen molar-refractivity contribution in [3.63, 3.8) is 0 Å². The standard InChI is InChI=1S/C18H17F3N4O/c1-23(12-13-7-3-4-8-15(13)18(19,20)21)17(26)14-11-22-24(2)16(14)25-9-5-6-10-25/h3-11H,12H2,1-2H3. The minimum Gasteiger partial charge on any atom is -0.337 e. The molecule has 1 amide bonds. The van der Waals surface area contributed by atoms with E-state index in [9.17, 15) is 18.0 Å². The Morgan fingerprint density at radius 3 is 2.46 bits per heavy atom. The summed E-state index contributed by atoms with van der Waals surface area (Å²) in [5, 5.41) is 4.11. The monoisotopic (exact) mass is 362 g/mol. The van der Waals surface area contributed by atoms with E-state index in [2.05, 4.69) is 5.10 Å². The number of carbonyl (C=O) groups is 1. The van der Waals surface area contributed by atoms with Gasteiger partial charge in [-0.3, -0.25) is 9.48 Å². The third-order valence-corrected chi connectivity index (χ3v) is 4.06. The normalized spacial score (nSPS) is 11.6. The lowest BCUT2D eigenvalue weighted by Gasteiger charge is -2.20. The lowest BCUT2D eigenvalue weighted by molar-refractivity contribution is -0.138. The summed E-state index contributed by atoms with van der Waals surface area (Å²) in [6.45, 7) is -0.158. The summed E-state index contributed by atoms with van der Waals surface area (Å²) in [7, 11) is 3.17. The molecule has 3 rings (SSSR count). The van der Waals surface area contributed by atoms with Crippen molar-refractivity contribution in [2.75, 3.05) is 7.05 Å². The Bertz CT molecular complexity index is 913. The minimum atomic E-state index is -4.47. The lowest BCUT2D eigenvalue weighted by atomic mass is 10.1. The van der Waals surface area contributed by atoms with Gasteiger partial charge in [0.1, 0.15) is 11.4 Å². The van der Waals surface area contributed by atoms with Gasteiger partial charge in [0.25, 0.3) is 5.91 Å². The van der Waals surface area contributed by atoms with Gasteiger partial charge in [0.2, 0.25) is 0 Å². The van der Waals surface area contributed by atoms with E-state index in [1.165, 1.54) is 36.3 Å². The topological polar surface area (TPSA) is 43.1 Å². The number of benzene rings is 1. The molecule has 136 valence electrons. The van der Waals surface area contributed by atoms with Crippen molar-refractivity contribution in [3.8, 4) is 5.82 Å². The highest BCUT2D eigenvalue weighted by Crippen LogP contribution is 2.32. The van der Waals surface area contributed by atoms with Gasteiger partial charge < -0.3 is 9.47 Å². The van der Waals surface area contributed by atoms with Crippen molar-refractivity contribution in [2.45, 2.75) is 12.7 Å². The van der Waals surface area contributed by atoms with Gasteiger partial charge in [-0.2, -0.15) is 18.3 Å². The van der Waals surface area contributed by atoms with E-state index in [-0.39, 0.29) is 12.1 Å². The van der Waals surface area contributed by atoms with Gasteiger partial charge in [0.15, 0.2) is 0 Å². The van der Waals surface area contributed by atoms with Crippen molar-refractivity contribution in [2.24, 2.45) is 7.05 Å². The largest absolute Gasteiger partial charge is 0.416 e. The summed E-state index contributed by atoms with van der Waals surface area (Å²) in [6, 6.07) is 8.87. The average molecular weight is 362 g/mol. The van der Waals surface area contributed by atoms with Crippen LogP contribution in [0.2, 0.25) is 0 Å². The molecule has 0 atom stereocenters. The molecule has 0 fully saturated rings. The van der Waals surface area contributed by atoms with Crippen molar-refractivity contribution >= 4 is 5.91 Å². The SMILES string of the molecule is CN(Cc1ccccc1C(F)(F)F)C(=O)c1cnn(C)c1-n1cccc1. The quantitative estimate of drug-likeness (QED) is 0.713. The summed E-state index contributed by atoms with van der Waals surface area (Å²) >= 11 is 0. The van der Waals surface area contributed by atoms with Crippen LogP contribution in [0, 0.1) is 0 Å². The molecule has 0 aliphatic carbocycles. The molecule has 26 heavy (non-hydrogen) atoms. The van der Waals surface area contributed by atoms with Gasteiger partial charge in [0.05, 0.1) is 11.8 Å². The summed E-state index contributed by atoms with van der Waals surface area (Å²) in [6.07, 6.45) is 0.494. The third kappa shape index (κ3) is 3.35. The van der Waals surface area contributed by atoms with E-state index in [0.29, 0.717) is 11.4 Å². The zero-order chi connectivity index (χ0) is 18.9. The number of alkyl halides is 3. The molecule has 3 aromatic rings. The first-order valence-corrected chi connectivity index (χ1v) is 7.85. The van der Waals surface area contributed by atoms with Crippen LogP contribution in [0.4, 0.5) is 13.2 Å². The highest BCUT2D eigenvalue weighted by Gasteiger charge is 2.33. The van der Waals surface area contributed by atoms with Crippen LogP contribution in [-0.2, 0) is 19.8 Å². The number of carbonyl (C=O) groups excluding carboxylic acids is 1. The zero-order valence-electron chi connectivity index (χ0n) is 14.2. The molecule has 0 saturated carbocycles. The fourth-order valence-corrected chi connectivity index (χ4v) is 2.83. The predicted octanol–water partition coefficient (Wildman–Crippen LogP) is 3.50. The van der Waals surface area contributed by atoms with Gasteiger partial charge >= 0.3 is 6.18 Å². The predicted molar refractivity (Wildman–Crippen MR) is 89.8 cm³/mol. The molecule has 2 aromatic heterocycles. The number of hydrogen-bond donors (Lipinski definition) is 0. The molecule has 0 spiro atoms. The number of amides is 1. The summed E-state index contributed by atoms with van der Waals surface area (Å²) < 4.78 is 42.7. The van der Waals surface area contributed by atoms with Crippen LogP contribution in [0.15, 0.2) is 55.0 Å². The Kier molecular flexibility index (Phi) is 4.58. The minimum absolute atomic E-state index is 0.0438. The summed E-state index contributed by atoms with van der Waals surface area (Å²) in [5.74, 6) is 0.148. The van der Waals surface area contributed by atoms with E-state index in [0.717, 1.165) is 6.07 Å². The Balaban J connectivity index is 1.89. The molecule has 5 nitrogen and oxygen atoms in total. The molecule has 0 N–H and O–H groups in total. The second kappa shape index (κ2) is 6.70. The summed E-state index contributed by atoms with van der Waals surface area (Å²) in [5.41, 5.74) is -0.380. The molecule has 0 aliphatic heterocycles. The number of hydrogen-bond acceptors (Lipinski definition) is 2. The number of aryl methyl sites for hydroxylation is 1. The van der Waals surface area contributed by atoms with Gasteiger partial charge in [-0.25, -0.2) is 0 Å². The molecule has 0 aliphatic rings. The Morgan fingerprint density at radius 1 is 1.15 bits per heavy atom. The second-order valence-electron chi connectivity index (χ2n) is 5.91. The first-order chi connectivity index (χ1) is 12.3. The lowest BCUT2D eigenvalue weighted by Crippen LogP contribution is -2.28. The number of aromatic nitrogens is 3. The van der Waals surface area contributed by atoms with Crippen LogP contribution in [0.3, 0.4) is 0 Å². The van der Waals surface area contributed by atoms with Crippen molar-refractivity contribution < 1.29 is 18.0 Å². The average Bonchev–Trinajstić information content (AvgIpc) is 3.22. The highest BCUT2D eigenvalue weighted by atomic mass is 19.4. The van der Waals surface area contributed by atoms with Crippen molar-refractivity contribution in [1.82, 2.24) is 19.2 Å². The van der Waals surface area contributed by atoms with Gasteiger partial charge in [-0.05, 0) is 23.8 Å². The van der Waals surface area contributed by atoms with E-state index >= 15 is 0 Å².